The van der Waals surface area contributed by atoms with Crippen molar-refractivity contribution in [2.75, 3.05) is 17.8 Å². The fourth-order valence-corrected chi connectivity index (χ4v) is 5.62. The Kier molecular flexibility index (Phi) is 4.41. The van der Waals surface area contributed by atoms with E-state index in [4.69, 9.17) is 0 Å². The molecule has 0 spiro atoms. The Balaban J connectivity index is 1.84. The molecule has 124 valence electrons. The average Bonchev–Trinajstić information content (AvgIpc) is 3.20. The van der Waals surface area contributed by atoms with E-state index in [0.717, 1.165) is 24.2 Å². The van der Waals surface area contributed by atoms with Gasteiger partial charge >= 0.3 is 0 Å². The van der Waals surface area contributed by atoms with Crippen molar-refractivity contribution >= 4 is 36.5 Å². The van der Waals surface area contributed by atoms with Crippen molar-refractivity contribution in [3.63, 3.8) is 0 Å². The summed E-state index contributed by atoms with van der Waals surface area (Å²) in [6.45, 7) is 1.02. The Bertz CT molecular complexity index is 869. The first-order valence-corrected chi connectivity index (χ1v) is 10.7. The third-order valence-electron chi connectivity index (χ3n) is 3.49. The fourth-order valence-electron chi connectivity index (χ4n) is 2.32. The molecule has 0 amide bonds. The van der Waals surface area contributed by atoms with E-state index >= 15 is 0 Å². The molecule has 1 aliphatic rings. The zero-order valence-electron chi connectivity index (χ0n) is 12.0. The Morgan fingerprint density at radius 3 is 2.17 bits per heavy atom. The molecule has 1 aromatic heterocycles. The summed E-state index contributed by atoms with van der Waals surface area (Å²) in [6.07, 6.45) is 3.20. The molecule has 3 rings (SSSR count). The molecule has 10 heteroatoms. The monoisotopic (exact) mass is 373 g/mol. The minimum absolute atomic E-state index is 0.00641. The minimum Gasteiger partial charge on any atom is -0.255 e. The van der Waals surface area contributed by atoms with Gasteiger partial charge in [-0.15, -0.1) is 11.3 Å². The quantitative estimate of drug-likeness (QED) is 0.861. The Labute approximate surface area is 139 Å². The number of hydrogen-bond acceptors (Lipinski definition) is 6. The summed E-state index contributed by atoms with van der Waals surface area (Å²) in [5.41, 5.74) is 0. The van der Waals surface area contributed by atoms with Crippen LogP contribution in [-0.2, 0) is 20.0 Å². The maximum Gasteiger partial charge on any atom is 0.263 e. The molecule has 0 aliphatic carbocycles. The van der Waals surface area contributed by atoms with E-state index in [0.29, 0.717) is 13.1 Å². The topological polar surface area (TPSA) is 96.4 Å². The summed E-state index contributed by atoms with van der Waals surface area (Å²) in [5.74, 6) is 0. The van der Waals surface area contributed by atoms with Crippen molar-refractivity contribution in [2.45, 2.75) is 22.6 Å². The summed E-state index contributed by atoms with van der Waals surface area (Å²) in [4.78, 5) is 3.96. The van der Waals surface area contributed by atoms with E-state index in [2.05, 4.69) is 9.71 Å². The zero-order chi connectivity index (χ0) is 16.5. The van der Waals surface area contributed by atoms with E-state index < -0.39 is 20.0 Å². The van der Waals surface area contributed by atoms with Crippen LogP contribution in [0.1, 0.15) is 12.8 Å². The molecule has 7 nitrogen and oxygen atoms in total. The average molecular weight is 373 g/mol. The fraction of sp³-hybridized carbons (Fsp3) is 0.308. The number of aromatic nitrogens is 1. The molecule has 0 saturated carbocycles. The van der Waals surface area contributed by atoms with E-state index in [1.807, 2.05) is 0 Å². The number of sulfonamides is 2. The lowest BCUT2D eigenvalue weighted by Gasteiger charge is -2.15. The van der Waals surface area contributed by atoms with Gasteiger partial charge in [-0.2, -0.15) is 4.31 Å². The molecule has 1 fully saturated rings. The van der Waals surface area contributed by atoms with Gasteiger partial charge in [0.1, 0.15) is 0 Å². The standard InChI is InChI=1S/C13H15N3O4S3/c17-22(18,15-13-14-7-10-21-13)11-3-5-12(6-4-11)23(19,20)16-8-1-2-9-16/h3-7,10H,1-2,8-9H2,(H,14,15). The van der Waals surface area contributed by atoms with E-state index in [1.165, 1.54) is 34.8 Å². The Hall–Kier alpha value is -1.49. The first kappa shape index (κ1) is 16.4. The smallest absolute Gasteiger partial charge is 0.255 e. The van der Waals surface area contributed by atoms with Gasteiger partial charge in [0.25, 0.3) is 10.0 Å². The lowest BCUT2D eigenvalue weighted by Crippen LogP contribution is -2.27. The molecule has 0 atom stereocenters. The van der Waals surface area contributed by atoms with Crippen molar-refractivity contribution in [1.82, 2.24) is 9.29 Å². The highest BCUT2D eigenvalue weighted by Gasteiger charge is 2.27. The molecular formula is C13H15N3O4S3. The highest BCUT2D eigenvalue weighted by Crippen LogP contribution is 2.23. The van der Waals surface area contributed by atoms with Gasteiger partial charge < -0.3 is 0 Å². The van der Waals surface area contributed by atoms with Crippen LogP contribution in [-0.4, -0.2) is 39.2 Å². The van der Waals surface area contributed by atoms with Crippen LogP contribution in [0.2, 0.25) is 0 Å². The van der Waals surface area contributed by atoms with E-state index in [-0.39, 0.29) is 14.9 Å². The maximum atomic E-state index is 12.4. The number of thiazole rings is 1. The van der Waals surface area contributed by atoms with Crippen molar-refractivity contribution in [3.8, 4) is 0 Å². The summed E-state index contributed by atoms with van der Waals surface area (Å²) < 4.78 is 53.0. The highest BCUT2D eigenvalue weighted by atomic mass is 32.2. The third-order valence-corrected chi connectivity index (χ3v) is 7.58. The van der Waals surface area contributed by atoms with Gasteiger partial charge in [-0.05, 0) is 37.1 Å². The molecule has 1 aromatic carbocycles. The van der Waals surface area contributed by atoms with Crippen LogP contribution >= 0.6 is 11.3 Å². The number of nitrogens with zero attached hydrogens (tertiary/aromatic N) is 2. The molecule has 1 saturated heterocycles. The molecule has 23 heavy (non-hydrogen) atoms. The van der Waals surface area contributed by atoms with E-state index in [1.54, 1.807) is 5.38 Å². The SMILES string of the molecule is O=S(=O)(Nc1nccs1)c1ccc(S(=O)(=O)N2CCCC2)cc1. The first-order chi connectivity index (χ1) is 10.9. The van der Waals surface area contributed by atoms with Crippen LogP contribution in [0.15, 0.2) is 45.6 Å². The molecule has 1 aliphatic heterocycles. The second-order valence-corrected chi connectivity index (χ2v) is 9.54. The molecule has 2 aromatic rings. The molecule has 0 radical (unpaired) electrons. The second kappa shape index (κ2) is 6.19. The van der Waals surface area contributed by atoms with Gasteiger partial charge in [-0.1, -0.05) is 0 Å². The first-order valence-electron chi connectivity index (χ1n) is 6.92. The van der Waals surface area contributed by atoms with Gasteiger partial charge in [0.15, 0.2) is 5.13 Å². The van der Waals surface area contributed by atoms with Crippen LogP contribution in [0.5, 0.6) is 0 Å². The summed E-state index contributed by atoms with van der Waals surface area (Å²) in [6, 6.07) is 5.23. The summed E-state index contributed by atoms with van der Waals surface area (Å²) in [5, 5.41) is 1.92. The number of hydrogen-bond donors (Lipinski definition) is 1. The lowest BCUT2D eigenvalue weighted by atomic mass is 10.4. The van der Waals surface area contributed by atoms with E-state index in [9.17, 15) is 16.8 Å². The number of benzene rings is 1. The minimum atomic E-state index is -3.78. The number of anilines is 1. The zero-order valence-corrected chi connectivity index (χ0v) is 14.5. The van der Waals surface area contributed by atoms with Crippen LogP contribution < -0.4 is 4.72 Å². The summed E-state index contributed by atoms with van der Waals surface area (Å²) >= 11 is 1.16. The van der Waals surface area contributed by atoms with Crippen molar-refractivity contribution in [1.29, 1.82) is 0 Å². The van der Waals surface area contributed by atoms with Gasteiger partial charge in [-0.25, -0.2) is 21.8 Å². The predicted molar refractivity (Wildman–Crippen MR) is 87.4 cm³/mol. The number of nitrogens with one attached hydrogen (secondary N) is 1. The number of rotatable bonds is 5. The molecule has 0 unspecified atom stereocenters. The van der Waals surface area contributed by atoms with Crippen LogP contribution in [0.4, 0.5) is 5.13 Å². The van der Waals surface area contributed by atoms with Crippen molar-refractivity contribution in [2.24, 2.45) is 0 Å². The third kappa shape index (κ3) is 3.39. The molecule has 2 heterocycles. The van der Waals surface area contributed by atoms with Gasteiger partial charge in [0.2, 0.25) is 10.0 Å². The second-order valence-electron chi connectivity index (χ2n) is 5.03. The Morgan fingerprint density at radius 2 is 1.61 bits per heavy atom. The Morgan fingerprint density at radius 1 is 1.00 bits per heavy atom. The summed E-state index contributed by atoms with van der Waals surface area (Å²) in [7, 11) is -7.32. The van der Waals surface area contributed by atoms with Gasteiger partial charge in [0, 0.05) is 24.7 Å². The highest BCUT2D eigenvalue weighted by molar-refractivity contribution is 7.93. The normalized spacial score (nSPS) is 16.5. The predicted octanol–water partition coefficient (Wildman–Crippen LogP) is 1.73. The van der Waals surface area contributed by atoms with Crippen LogP contribution in [0, 0.1) is 0 Å². The molecule has 0 bridgehead atoms. The molecule has 1 N–H and O–H groups in total. The van der Waals surface area contributed by atoms with Crippen LogP contribution in [0.25, 0.3) is 0 Å². The van der Waals surface area contributed by atoms with Gasteiger partial charge in [0.05, 0.1) is 9.79 Å². The van der Waals surface area contributed by atoms with Crippen molar-refractivity contribution < 1.29 is 16.8 Å². The largest absolute Gasteiger partial charge is 0.263 e. The van der Waals surface area contributed by atoms with Gasteiger partial charge in [-0.3, -0.25) is 4.72 Å². The lowest BCUT2D eigenvalue weighted by molar-refractivity contribution is 0.477. The van der Waals surface area contributed by atoms with Crippen molar-refractivity contribution in [3.05, 3.63) is 35.8 Å². The van der Waals surface area contributed by atoms with Crippen LogP contribution in [0.3, 0.4) is 0 Å². The maximum absolute atomic E-state index is 12.4. The molecular weight excluding hydrogens is 358 g/mol.